The SMILES string of the molecule is CCCCCCOC(=O)c1ccc(-c2ccc(N=Nc3ccc(N(C)C)cc3)cc2)cc1. The minimum atomic E-state index is -0.262. The molecule has 166 valence electrons. The van der Waals surface area contributed by atoms with Gasteiger partial charge in [0.25, 0.3) is 0 Å². The van der Waals surface area contributed by atoms with Crippen LogP contribution >= 0.6 is 0 Å². The minimum Gasteiger partial charge on any atom is -0.462 e. The van der Waals surface area contributed by atoms with Crippen molar-refractivity contribution in [1.29, 1.82) is 0 Å². The van der Waals surface area contributed by atoms with Crippen LogP contribution in [-0.2, 0) is 4.74 Å². The molecule has 0 saturated carbocycles. The molecule has 0 fully saturated rings. The molecule has 32 heavy (non-hydrogen) atoms. The quantitative estimate of drug-likeness (QED) is 0.190. The van der Waals surface area contributed by atoms with Crippen LogP contribution in [0.3, 0.4) is 0 Å². The summed E-state index contributed by atoms with van der Waals surface area (Å²) in [5.41, 5.74) is 5.39. The third kappa shape index (κ3) is 6.77. The molecule has 0 bridgehead atoms. The van der Waals surface area contributed by atoms with E-state index < -0.39 is 0 Å². The number of anilines is 1. The highest BCUT2D eigenvalue weighted by molar-refractivity contribution is 5.90. The molecular weight excluding hydrogens is 398 g/mol. The van der Waals surface area contributed by atoms with Gasteiger partial charge in [0.05, 0.1) is 23.5 Å². The van der Waals surface area contributed by atoms with Gasteiger partial charge in [-0.05, 0) is 66.1 Å². The fourth-order valence-electron chi connectivity index (χ4n) is 3.23. The van der Waals surface area contributed by atoms with Crippen molar-refractivity contribution >= 4 is 23.0 Å². The van der Waals surface area contributed by atoms with Crippen LogP contribution in [0, 0.1) is 0 Å². The van der Waals surface area contributed by atoms with Crippen molar-refractivity contribution < 1.29 is 9.53 Å². The van der Waals surface area contributed by atoms with Crippen LogP contribution in [0.15, 0.2) is 83.0 Å². The molecule has 0 heterocycles. The van der Waals surface area contributed by atoms with Gasteiger partial charge in [-0.25, -0.2) is 4.79 Å². The molecule has 0 aliphatic rings. The van der Waals surface area contributed by atoms with Gasteiger partial charge in [0, 0.05) is 19.8 Å². The van der Waals surface area contributed by atoms with E-state index in [1.165, 1.54) is 12.8 Å². The van der Waals surface area contributed by atoms with Gasteiger partial charge < -0.3 is 9.64 Å². The lowest BCUT2D eigenvalue weighted by Gasteiger charge is -2.11. The molecule has 0 aliphatic carbocycles. The molecule has 0 atom stereocenters. The number of nitrogens with zero attached hydrogens (tertiary/aromatic N) is 3. The van der Waals surface area contributed by atoms with E-state index in [1.54, 1.807) is 0 Å². The standard InChI is InChI=1S/C27H31N3O2/c1-4-5-6-7-20-32-27(31)23-10-8-21(9-11-23)22-12-14-24(15-13-22)28-29-25-16-18-26(19-17-25)30(2)3/h8-19H,4-7,20H2,1-3H3. The smallest absolute Gasteiger partial charge is 0.338 e. The molecule has 0 aromatic heterocycles. The van der Waals surface area contributed by atoms with E-state index >= 15 is 0 Å². The van der Waals surface area contributed by atoms with Crippen LogP contribution in [0.1, 0.15) is 43.0 Å². The van der Waals surface area contributed by atoms with Crippen molar-refractivity contribution in [3.8, 4) is 11.1 Å². The number of hydrogen-bond acceptors (Lipinski definition) is 5. The molecule has 5 heteroatoms. The lowest BCUT2D eigenvalue weighted by Crippen LogP contribution is -2.07. The third-order valence-electron chi connectivity index (χ3n) is 5.20. The Morgan fingerprint density at radius 3 is 1.81 bits per heavy atom. The third-order valence-corrected chi connectivity index (χ3v) is 5.20. The number of hydrogen-bond donors (Lipinski definition) is 0. The highest BCUT2D eigenvalue weighted by Gasteiger charge is 2.07. The van der Waals surface area contributed by atoms with E-state index in [4.69, 9.17) is 4.74 Å². The Balaban J connectivity index is 1.56. The zero-order valence-electron chi connectivity index (χ0n) is 19.1. The molecule has 3 aromatic carbocycles. The maximum Gasteiger partial charge on any atom is 0.338 e. The van der Waals surface area contributed by atoms with E-state index in [9.17, 15) is 4.79 Å². The Kier molecular flexibility index (Phi) is 8.55. The number of carbonyl (C=O) groups is 1. The van der Waals surface area contributed by atoms with Gasteiger partial charge in [-0.3, -0.25) is 0 Å². The molecular formula is C27H31N3O2. The van der Waals surface area contributed by atoms with Crippen LogP contribution in [0.5, 0.6) is 0 Å². The van der Waals surface area contributed by atoms with E-state index in [-0.39, 0.29) is 5.97 Å². The van der Waals surface area contributed by atoms with Gasteiger partial charge in [-0.15, -0.1) is 0 Å². The summed E-state index contributed by atoms with van der Waals surface area (Å²) in [6.45, 7) is 2.65. The monoisotopic (exact) mass is 429 g/mol. The molecule has 0 N–H and O–H groups in total. The van der Waals surface area contributed by atoms with Crippen molar-refractivity contribution in [2.24, 2.45) is 10.2 Å². The lowest BCUT2D eigenvalue weighted by atomic mass is 10.0. The maximum atomic E-state index is 12.2. The zero-order valence-corrected chi connectivity index (χ0v) is 19.1. The molecule has 0 saturated heterocycles. The van der Waals surface area contributed by atoms with Crippen molar-refractivity contribution in [2.75, 3.05) is 25.6 Å². The average molecular weight is 430 g/mol. The van der Waals surface area contributed by atoms with Crippen LogP contribution < -0.4 is 4.90 Å². The van der Waals surface area contributed by atoms with E-state index in [2.05, 4.69) is 17.2 Å². The number of esters is 1. The molecule has 3 rings (SSSR count). The first-order valence-corrected chi connectivity index (χ1v) is 11.1. The van der Waals surface area contributed by atoms with Crippen molar-refractivity contribution in [2.45, 2.75) is 32.6 Å². The summed E-state index contributed by atoms with van der Waals surface area (Å²) in [6.07, 6.45) is 4.37. The number of ether oxygens (including phenoxy) is 1. The molecule has 0 spiro atoms. The van der Waals surface area contributed by atoms with Gasteiger partial charge in [-0.2, -0.15) is 10.2 Å². The molecule has 0 amide bonds. The molecule has 5 nitrogen and oxygen atoms in total. The highest BCUT2D eigenvalue weighted by Crippen LogP contribution is 2.25. The van der Waals surface area contributed by atoms with E-state index in [0.717, 1.165) is 41.0 Å². The number of carbonyl (C=O) groups excluding carboxylic acids is 1. The summed E-state index contributed by atoms with van der Waals surface area (Å²) in [4.78, 5) is 14.2. The van der Waals surface area contributed by atoms with Crippen molar-refractivity contribution in [3.63, 3.8) is 0 Å². The summed E-state index contributed by atoms with van der Waals surface area (Å²) < 4.78 is 5.35. The zero-order chi connectivity index (χ0) is 22.8. The Hall–Kier alpha value is -3.47. The second kappa shape index (κ2) is 11.8. The fraction of sp³-hybridized carbons (Fsp3) is 0.296. The first-order chi connectivity index (χ1) is 15.6. The molecule has 0 unspecified atom stereocenters. The Labute approximate surface area is 190 Å². The Morgan fingerprint density at radius 1 is 0.750 bits per heavy atom. The van der Waals surface area contributed by atoms with E-state index in [0.29, 0.717) is 12.2 Å². The van der Waals surface area contributed by atoms with Crippen LogP contribution in [0.4, 0.5) is 17.1 Å². The number of azo groups is 1. The lowest BCUT2D eigenvalue weighted by molar-refractivity contribution is 0.0498. The van der Waals surface area contributed by atoms with Crippen LogP contribution in [-0.4, -0.2) is 26.7 Å². The topological polar surface area (TPSA) is 54.3 Å². The first kappa shape index (κ1) is 23.2. The molecule has 0 aliphatic heterocycles. The number of unbranched alkanes of at least 4 members (excludes halogenated alkanes) is 3. The Morgan fingerprint density at radius 2 is 1.28 bits per heavy atom. The first-order valence-electron chi connectivity index (χ1n) is 11.1. The van der Waals surface area contributed by atoms with Crippen molar-refractivity contribution in [1.82, 2.24) is 0 Å². The van der Waals surface area contributed by atoms with Gasteiger partial charge in [0.2, 0.25) is 0 Å². The normalized spacial score (nSPS) is 11.0. The summed E-state index contributed by atoms with van der Waals surface area (Å²) in [5.74, 6) is -0.262. The van der Waals surface area contributed by atoms with Gasteiger partial charge in [0.1, 0.15) is 0 Å². The van der Waals surface area contributed by atoms with Crippen molar-refractivity contribution in [3.05, 3.63) is 78.4 Å². The fourth-order valence-corrected chi connectivity index (χ4v) is 3.23. The molecule has 3 aromatic rings. The average Bonchev–Trinajstić information content (AvgIpc) is 2.83. The van der Waals surface area contributed by atoms with Gasteiger partial charge >= 0.3 is 5.97 Å². The van der Waals surface area contributed by atoms with E-state index in [1.807, 2.05) is 91.8 Å². The highest BCUT2D eigenvalue weighted by atomic mass is 16.5. The van der Waals surface area contributed by atoms with Crippen LogP contribution in [0.2, 0.25) is 0 Å². The summed E-state index contributed by atoms with van der Waals surface area (Å²) >= 11 is 0. The largest absolute Gasteiger partial charge is 0.462 e. The number of rotatable bonds is 10. The summed E-state index contributed by atoms with van der Waals surface area (Å²) in [5, 5.41) is 8.63. The molecule has 0 radical (unpaired) electrons. The second-order valence-electron chi connectivity index (χ2n) is 7.93. The summed E-state index contributed by atoms with van der Waals surface area (Å²) in [6, 6.07) is 23.3. The minimum absolute atomic E-state index is 0.262. The predicted molar refractivity (Wildman–Crippen MR) is 131 cm³/mol. The second-order valence-corrected chi connectivity index (χ2v) is 7.93. The van der Waals surface area contributed by atoms with Gasteiger partial charge in [-0.1, -0.05) is 50.5 Å². The van der Waals surface area contributed by atoms with Crippen LogP contribution in [0.25, 0.3) is 11.1 Å². The summed E-state index contributed by atoms with van der Waals surface area (Å²) in [7, 11) is 4.01. The predicted octanol–water partition coefficient (Wildman–Crippen LogP) is 7.57. The Bertz CT molecular complexity index is 1010. The number of benzene rings is 3. The maximum absolute atomic E-state index is 12.2. The van der Waals surface area contributed by atoms with Gasteiger partial charge in [0.15, 0.2) is 0 Å².